The molecule has 1 N–H and O–H groups in total. The molecule has 1 rings (SSSR count). The number of rotatable bonds is 0. The molecular weight excluding hydrogens is 134 g/mol. The summed E-state index contributed by atoms with van der Waals surface area (Å²) in [6.45, 7) is 8.87. The summed E-state index contributed by atoms with van der Waals surface area (Å²) in [7, 11) is 0. The van der Waals surface area contributed by atoms with Gasteiger partial charge in [0, 0.05) is 6.04 Å². The maximum Gasteiger partial charge on any atom is 0.0492 e. The van der Waals surface area contributed by atoms with Crippen LogP contribution in [0.4, 0.5) is 0 Å². The average Bonchev–Trinajstić information content (AvgIpc) is 1.86. The smallest absolute Gasteiger partial charge is 0.0492 e. The highest BCUT2D eigenvalue weighted by Gasteiger charge is 2.22. The molecule has 1 atom stereocenters. The largest absolute Gasteiger partial charge is 0.384 e. The van der Waals surface area contributed by atoms with Crippen molar-refractivity contribution in [2.24, 2.45) is 5.41 Å². The fraction of sp³-hybridized carbons (Fsp3) is 0.600. The number of allylic oxidation sites excluding steroid dienone is 2. The van der Waals surface area contributed by atoms with Gasteiger partial charge in [-0.2, -0.15) is 0 Å². The number of dihydropyridines is 1. The van der Waals surface area contributed by atoms with Crippen molar-refractivity contribution in [1.82, 2.24) is 5.32 Å². The normalized spacial score (nSPS) is 24.4. The SMILES string of the molecule is CC1=C[C@@H](C(C)(C)C)NC=C1. The van der Waals surface area contributed by atoms with E-state index >= 15 is 0 Å². The van der Waals surface area contributed by atoms with Gasteiger partial charge in [-0.05, 0) is 24.6 Å². The monoisotopic (exact) mass is 151 g/mol. The summed E-state index contributed by atoms with van der Waals surface area (Å²) in [5.41, 5.74) is 1.66. The quantitative estimate of drug-likeness (QED) is 0.561. The van der Waals surface area contributed by atoms with E-state index < -0.39 is 0 Å². The third-order valence-corrected chi connectivity index (χ3v) is 1.98. The van der Waals surface area contributed by atoms with Crippen molar-refractivity contribution >= 4 is 0 Å². The highest BCUT2D eigenvalue weighted by molar-refractivity contribution is 5.23. The zero-order chi connectivity index (χ0) is 8.48. The Morgan fingerprint density at radius 3 is 2.36 bits per heavy atom. The number of nitrogens with one attached hydrogen (secondary N) is 1. The van der Waals surface area contributed by atoms with Crippen LogP contribution in [0.15, 0.2) is 23.9 Å². The number of hydrogen-bond acceptors (Lipinski definition) is 1. The zero-order valence-electron chi connectivity index (χ0n) is 7.81. The Labute approximate surface area is 69.2 Å². The highest BCUT2D eigenvalue weighted by atomic mass is 14.9. The summed E-state index contributed by atoms with van der Waals surface area (Å²) >= 11 is 0. The summed E-state index contributed by atoms with van der Waals surface area (Å²) in [6, 6.07) is 0.479. The molecule has 1 heterocycles. The van der Waals surface area contributed by atoms with Crippen LogP contribution < -0.4 is 5.32 Å². The molecule has 1 aliphatic rings. The number of hydrogen-bond donors (Lipinski definition) is 1. The summed E-state index contributed by atoms with van der Waals surface area (Å²) in [5, 5.41) is 3.33. The van der Waals surface area contributed by atoms with Gasteiger partial charge in [0.1, 0.15) is 0 Å². The van der Waals surface area contributed by atoms with Crippen molar-refractivity contribution < 1.29 is 0 Å². The van der Waals surface area contributed by atoms with Gasteiger partial charge in [-0.15, -0.1) is 0 Å². The Morgan fingerprint density at radius 1 is 1.36 bits per heavy atom. The van der Waals surface area contributed by atoms with Gasteiger partial charge in [-0.25, -0.2) is 0 Å². The van der Waals surface area contributed by atoms with Crippen molar-refractivity contribution in [3.8, 4) is 0 Å². The first-order valence-electron chi connectivity index (χ1n) is 4.11. The Morgan fingerprint density at radius 2 is 2.00 bits per heavy atom. The maximum atomic E-state index is 3.33. The van der Waals surface area contributed by atoms with Crippen LogP contribution >= 0.6 is 0 Å². The lowest BCUT2D eigenvalue weighted by Gasteiger charge is -2.30. The van der Waals surface area contributed by atoms with Gasteiger partial charge in [0.15, 0.2) is 0 Å². The minimum absolute atomic E-state index is 0.312. The van der Waals surface area contributed by atoms with E-state index in [4.69, 9.17) is 0 Å². The molecule has 11 heavy (non-hydrogen) atoms. The second-order valence-corrected chi connectivity index (χ2v) is 4.25. The molecule has 0 saturated carbocycles. The Kier molecular flexibility index (Phi) is 2.08. The van der Waals surface area contributed by atoms with Crippen molar-refractivity contribution in [3.63, 3.8) is 0 Å². The van der Waals surface area contributed by atoms with Gasteiger partial charge in [-0.3, -0.25) is 0 Å². The first-order chi connectivity index (χ1) is 5.00. The lowest BCUT2D eigenvalue weighted by atomic mass is 9.85. The highest BCUT2D eigenvalue weighted by Crippen LogP contribution is 2.23. The van der Waals surface area contributed by atoms with Crippen molar-refractivity contribution in [1.29, 1.82) is 0 Å². The molecule has 0 radical (unpaired) electrons. The van der Waals surface area contributed by atoms with E-state index in [-0.39, 0.29) is 0 Å². The van der Waals surface area contributed by atoms with Crippen LogP contribution in [-0.2, 0) is 0 Å². The molecule has 0 unspecified atom stereocenters. The molecule has 0 aromatic carbocycles. The predicted octanol–water partition coefficient (Wildman–Crippen LogP) is 2.46. The van der Waals surface area contributed by atoms with Crippen molar-refractivity contribution in [3.05, 3.63) is 23.9 Å². The van der Waals surface area contributed by atoms with E-state index in [1.54, 1.807) is 0 Å². The fourth-order valence-corrected chi connectivity index (χ4v) is 1.15. The summed E-state index contributed by atoms with van der Waals surface area (Å²) in [5.74, 6) is 0. The zero-order valence-corrected chi connectivity index (χ0v) is 7.81. The molecule has 0 saturated heterocycles. The molecule has 0 bridgehead atoms. The van der Waals surface area contributed by atoms with Crippen LogP contribution in [0.5, 0.6) is 0 Å². The topological polar surface area (TPSA) is 12.0 Å². The van der Waals surface area contributed by atoms with Crippen LogP contribution in [0.2, 0.25) is 0 Å². The van der Waals surface area contributed by atoms with Crippen LogP contribution in [0.3, 0.4) is 0 Å². The van der Waals surface area contributed by atoms with Crippen molar-refractivity contribution in [2.45, 2.75) is 33.7 Å². The second kappa shape index (κ2) is 2.72. The maximum absolute atomic E-state index is 3.33. The third-order valence-electron chi connectivity index (χ3n) is 1.98. The molecule has 1 aliphatic heterocycles. The van der Waals surface area contributed by atoms with Gasteiger partial charge < -0.3 is 5.32 Å². The van der Waals surface area contributed by atoms with Gasteiger partial charge in [0.25, 0.3) is 0 Å². The van der Waals surface area contributed by atoms with Crippen molar-refractivity contribution in [2.75, 3.05) is 0 Å². The second-order valence-electron chi connectivity index (χ2n) is 4.25. The standard InChI is InChI=1S/C10H17N/c1-8-5-6-11-9(7-8)10(2,3)4/h5-7,9,11H,1-4H3/t9-/m0/s1. The van der Waals surface area contributed by atoms with Gasteiger partial charge >= 0.3 is 0 Å². The Bertz CT molecular complexity index is 193. The third kappa shape index (κ3) is 2.11. The van der Waals surface area contributed by atoms with Gasteiger partial charge in [0.05, 0.1) is 0 Å². The van der Waals surface area contributed by atoms with Crippen LogP contribution in [0.25, 0.3) is 0 Å². The summed E-state index contributed by atoms with van der Waals surface area (Å²) in [4.78, 5) is 0. The lowest BCUT2D eigenvalue weighted by molar-refractivity contribution is 0.333. The van der Waals surface area contributed by atoms with Crippen LogP contribution in [-0.4, -0.2) is 6.04 Å². The molecule has 62 valence electrons. The Hall–Kier alpha value is -0.720. The summed E-state index contributed by atoms with van der Waals surface area (Å²) in [6.07, 6.45) is 6.41. The molecule has 0 aromatic heterocycles. The molecule has 0 aliphatic carbocycles. The molecule has 0 amide bonds. The fourth-order valence-electron chi connectivity index (χ4n) is 1.15. The van der Waals surface area contributed by atoms with E-state index in [0.717, 1.165) is 0 Å². The van der Waals surface area contributed by atoms with E-state index in [9.17, 15) is 0 Å². The van der Waals surface area contributed by atoms with E-state index in [1.165, 1.54) is 5.57 Å². The van der Waals surface area contributed by atoms with Gasteiger partial charge in [-0.1, -0.05) is 32.4 Å². The van der Waals surface area contributed by atoms with E-state index in [0.29, 0.717) is 11.5 Å². The minimum atomic E-state index is 0.312. The first kappa shape index (κ1) is 8.38. The molecule has 0 aromatic rings. The molecular formula is C10H17N. The first-order valence-corrected chi connectivity index (χ1v) is 4.11. The van der Waals surface area contributed by atoms with E-state index in [2.05, 4.69) is 45.2 Å². The average molecular weight is 151 g/mol. The summed E-state index contributed by atoms with van der Waals surface area (Å²) < 4.78 is 0. The Balaban J connectivity index is 2.71. The van der Waals surface area contributed by atoms with Crippen LogP contribution in [0.1, 0.15) is 27.7 Å². The van der Waals surface area contributed by atoms with E-state index in [1.807, 2.05) is 6.20 Å². The minimum Gasteiger partial charge on any atom is -0.384 e. The predicted molar refractivity (Wildman–Crippen MR) is 49.3 cm³/mol. The molecule has 0 spiro atoms. The molecule has 1 nitrogen and oxygen atoms in total. The van der Waals surface area contributed by atoms with Gasteiger partial charge in [0.2, 0.25) is 0 Å². The lowest BCUT2D eigenvalue weighted by Crippen LogP contribution is -2.37. The molecule has 1 heteroatoms. The van der Waals surface area contributed by atoms with Crippen LogP contribution in [0, 0.1) is 5.41 Å². The molecule has 0 fully saturated rings.